The number of hydrogen-bond acceptors (Lipinski definition) is 4. The molecule has 0 saturated carbocycles. The fourth-order valence-corrected chi connectivity index (χ4v) is 5.07. The SMILES string of the molecule is O=C(NCCc1ccccc1)C1CCc2sc(C(=O)N3CCOCC3)cc2C1. The van der Waals surface area contributed by atoms with Crippen LogP contribution in [0.5, 0.6) is 0 Å². The lowest BCUT2D eigenvalue weighted by Crippen LogP contribution is -2.40. The van der Waals surface area contributed by atoms with E-state index in [2.05, 4.69) is 17.4 Å². The highest BCUT2D eigenvalue weighted by molar-refractivity contribution is 7.14. The van der Waals surface area contributed by atoms with Crippen molar-refractivity contribution in [1.29, 1.82) is 0 Å². The van der Waals surface area contributed by atoms with Crippen LogP contribution >= 0.6 is 11.3 Å². The molecule has 1 fully saturated rings. The summed E-state index contributed by atoms with van der Waals surface area (Å²) >= 11 is 1.60. The third-order valence-corrected chi connectivity index (χ3v) is 6.74. The lowest BCUT2D eigenvalue weighted by molar-refractivity contribution is -0.125. The van der Waals surface area contributed by atoms with E-state index < -0.39 is 0 Å². The smallest absolute Gasteiger partial charge is 0.264 e. The standard InChI is InChI=1S/C22H26N2O3S/c25-21(23-9-8-16-4-2-1-3-5-16)17-6-7-19-18(14-17)15-20(28-19)22(26)24-10-12-27-13-11-24/h1-5,15,17H,6-14H2,(H,23,25). The van der Waals surface area contributed by atoms with Crippen LogP contribution in [0.25, 0.3) is 0 Å². The third kappa shape index (κ3) is 4.45. The lowest BCUT2D eigenvalue weighted by atomic mass is 9.87. The van der Waals surface area contributed by atoms with E-state index in [4.69, 9.17) is 4.74 Å². The van der Waals surface area contributed by atoms with Gasteiger partial charge in [0.2, 0.25) is 5.91 Å². The van der Waals surface area contributed by atoms with Crippen LogP contribution in [0.4, 0.5) is 0 Å². The molecule has 6 heteroatoms. The molecular formula is C22H26N2O3S. The summed E-state index contributed by atoms with van der Waals surface area (Å²) in [6.07, 6.45) is 3.32. The van der Waals surface area contributed by atoms with Gasteiger partial charge in [-0.25, -0.2) is 0 Å². The molecule has 1 aliphatic carbocycles. The fraction of sp³-hybridized carbons (Fsp3) is 0.455. The second-order valence-electron chi connectivity index (χ2n) is 7.43. The summed E-state index contributed by atoms with van der Waals surface area (Å²) in [5, 5.41) is 3.09. The minimum atomic E-state index is 0.00390. The van der Waals surface area contributed by atoms with Gasteiger partial charge in [0.25, 0.3) is 5.91 Å². The molecule has 1 saturated heterocycles. The maximum atomic E-state index is 12.7. The van der Waals surface area contributed by atoms with Gasteiger partial charge in [0.1, 0.15) is 0 Å². The van der Waals surface area contributed by atoms with Crippen LogP contribution in [0.1, 0.15) is 32.1 Å². The zero-order valence-electron chi connectivity index (χ0n) is 16.0. The van der Waals surface area contributed by atoms with E-state index in [1.807, 2.05) is 29.2 Å². The van der Waals surface area contributed by atoms with Gasteiger partial charge < -0.3 is 15.0 Å². The van der Waals surface area contributed by atoms with Gasteiger partial charge in [-0.05, 0) is 42.9 Å². The molecule has 1 N–H and O–H groups in total. The number of morpholine rings is 1. The average Bonchev–Trinajstić information content (AvgIpc) is 3.18. The number of thiophene rings is 1. The van der Waals surface area contributed by atoms with E-state index >= 15 is 0 Å². The predicted octanol–water partition coefficient (Wildman–Crippen LogP) is 2.68. The summed E-state index contributed by atoms with van der Waals surface area (Å²) < 4.78 is 5.33. The van der Waals surface area contributed by atoms with E-state index in [1.54, 1.807) is 11.3 Å². The van der Waals surface area contributed by atoms with Crippen LogP contribution in [0.15, 0.2) is 36.4 Å². The van der Waals surface area contributed by atoms with Gasteiger partial charge in [-0.3, -0.25) is 9.59 Å². The molecule has 1 aromatic heterocycles. The van der Waals surface area contributed by atoms with Crippen LogP contribution in [-0.4, -0.2) is 49.6 Å². The Hall–Kier alpha value is -2.18. The van der Waals surface area contributed by atoms with Crippen LogP contribution in [-0.2, 0) is 28.8 Å². The quantitative estimate of drug-likeness (QED) is 0.843. The monoisotopic (exact) mass is 398 g/mol. The molecule has 0 bridgehead atoms. The summed E-state index contributed by atoms with van der Waals surface area (Å²) in [5.74, 6) is 0.240. The first-order valence-corrected chi connectivity index (χ1v) is 10.8. The molecule has 1 atom stereocenters. The lowest BCUT2D eigenvalue weighted by Gasteiger charge is -2.26. The summed E-state index contributed by atoms with van der Waals surface area (Å²) in [6.45, 7) is 3.21. The predicted molar refractivity (Wildman–Crippen MR) is 110 cm³/mol. The first-order chi connectivity index (χ1) is 13.7. The maximum absolute atomic E-state index is 12.7. The number of ether oxygens (including phenoxy) is 1. The third-order valence-electron chi connectivity index (χ3n) is 5.52. The molecule has 148 valence electrons. The summed E-state index contributed by atoms with van der Waals surface area (Å²) in [7, 11) is 0. The van der Waals surface area contributed by atoms with Crippen molar-refractivity contribution < 1.29 is 14.3 Å². The van der Waals surface area contributed by atoms with Crippen molar-refractivity contribution >= 4 is 23.2 Å². The van der Waals surface area contributed by atoms with Crippen molar-refractivity contribution in [3.8, 4) is 0 Å². The summed E-state index contributed by atoms with van der Waals surface area (Å²) in [5.41, 5.74) is 2.41. The van der Waals surface area contributed by atoms with Gasteiger partial charge in [0.15, 0.2) is 0 Å². The van der Waals surface area contributed by atoms with Crippen molar-refractivity contribution in [2.24, 2.45) is 5.92 Å². The number of amides is 2. The number of rotatable bonds is 5. The molecule has 2 aliphatic rings. The Kier molecular flexibility index (Phi) is 6.07. The maximum Gasteiger partial charge on any atom is 0.264 e. The number of carbonyl (C=O) groups is 2. The Morgan fingerprint density at radius 1 is 1.18 bits per heavy atom. The first-order valence-electron chi connectivity index (χ1n) is 10.0. The Morgan fingerprint density at radius 3 is 2.75 bits per heavy atom. The van der Waals surface area contributed by atoms with Crippen LogP contribution in [0, 0.1) is 5.92 Å². The molecule has 28 heavy (non-hydrogen) atoms. The number of fused-ring (bicyclic) bond motifs is 1. The second-order valence-corrected chi connectivity index (χ2v) is 8.57. The molecule has 2 heterocycles. The van der Waals surface area contributed by atoms with Gasteiger partial charge in [-0.2, -0.15) is 0 Å². The second kappa shape index (κ2) is 8.88. The average molecular weight is 399 g/mol. The van der Waals surface area contributed by atoms with E-state index in [0.717, 1.165) is 30.6 Å². The molecule has 5 nitrogen and oxygen atoms in total. The van der Waals surface area contributed by atoms with E-state index in [9.17, 15) is 9.59 Å². The molecule has 1 aliphatic heterocycles. The van der Waals surface area contributed by atoms with Gasteiger partial charge in [0, 0.05) is 30.4 Å². The summed E-state index contributed by atoms with van der Waals surface area (Å²) in [4.78, 5) is 29.2. The molecule has 1 aromatic carbocycles. The highest BCUT2D eigenvalue weighted by Gasteiger charge is 2.28. The number of nitrogens with one attached hydrogen (secondary N) is 1. The molecule has 2 aromatic rings. The Balaban J connectivity index is 1.32. The topological polar surface area (TPSA) is 58.6 Å². The summed E-state index contributed by atoms with van der Waals surface area (Å²) in [6, 6.07) is 12.2. The van der Waals surface area contributed by atoms with E-state index in [-0.39, 0.29) is 17.7 Å². The first kappa shape index (κ1) is 19.2. The number of carbonyl (C=O) groups excluding carboxylic acids is 2. The highest BCUT2D eigenvalue weighted by atomic mass is 32.1. The van der Waals surface area contributed by atoms with Gasteiger partial charge in [-0.15, -0.1) is 11.3 Å². The Bertz CT molecular complexity index is 828. The van der Waals surface area contributed by atoms with Gasteiger partial charge in [-0.1, -0.05) is 30.3 Å². The van der Waals surface area contributed by atoms with E-state index in [0.29, 0.717) is 32.8 Å². The fourth-order valence-electron chi connectivity index (χ4n) is 3.89. The van der Waals surface area contributed by atoms with Crippen LogP contribution in [0.2, 0.25) is 0 Å². The number of aryl methyl sites for hydroxylation is 1. The molecule has 0 radical (unpaired) electrons. The van der Waals surface area contributed by atoms with Crippen molar-refractivity contribution in [3.63, 3.8) is 0 Å². The Labute approximate surface area is 169 Å². The Morgan fingerprint density at radius 2 is 1.96 bits per heavy atom. The largest absolute Gasteiger partial charge is 0.378 e. The number of nitrogens with zero attached hydrogens (tertiary/aromatic N) is 1. The minimum Gasteiger partial charge on any atom is -0.378 e. The molecule has 4 rings (SSSR count). The molecule has 2 amide bonds. The molecular weight excluding hydrogens is 372 g/mol. The van der Waals surface area contributed by atoms with Crippen molar-refractivity contribution in [3.05, 3.63) is 57.3 Å². The molecule has 1 unspecified atom stereocenters. The van der Waals surface area contributed by atoms with Gasteiger partial charge >= 0.3 is 0 Å². The van der Waals surface area contributed by atoms with Crippen LogP contribution < -0.4 is 5.32 Å². The van der Waals surface area contributed by atoms with Crippen molar-refractivity contribution in [2.75, 3.05) is 32.8 Å². The zero-order chi connectivity index (χ0) is 19.3. The van der Waals surface area contributed by atoms with E-state index in [1.165, 1.54) is 16.0 Å². The minimum absolute atomic E-state index is 0.00390. The normalized spacial score (nSPS) is 19.1. The van der Waals surface area contributed by atoms with Crippen molar-refractivity contribution in [2.45, 2.75) is 25.7 Å². The highest BCUT2D eigenvalue weighted by Crippen LogP contribution is 2.33. The van der Waals surface area contributed by atoms with Crippen molar-refractivity contribution in [1.82, 2.24) is 10.2 Å². The number of benzene rings is 1. The van der Waals surface area contributed by atoms with Crippen LogP contribution in [0.3, 0.4) is 0 Å². The molecule has 0 spiro atoms. The zero-order valence-corrected chi connectivity index (χ0v) is 16.8. The van der Waals surface area contributed by atoms with Gasteiger partial charge in [0.05, 0.1) is 18.1 Å². The number of hydrogen-bond donors (Lipinski definition) is 1.